The molecule has 0 aliphatic carbocycles. The van der Waals surface area contributed by atoms with E-state index in [4.69, 9.17) is 10.3 Å². The van der Waals surface area contributed by atoms with Crippen LogP contribution in [0.3, 0.4) is 0 Å². The molecular weight excluding hydrogens is 142 g/mol. The smallest absolute Gasteiger partial charge is 0.0693 e. The average molecular weight is 161 g/mol. The number of rotatable bonds is 0. The van der Waals surface area contributed by atoms with Crippen molar-refractivity contribution in [3.63, 3.8) is 0 Å². The van der Waals surface area contributed by atoms with E-state index in [2.05, 4.69) is 0 Å². The van der Waals surface area contributed by atoms with Crippen LogP contribution in [0.1, 0.15) is 27.2 Å². The number of piperidine rings is 1. The number of aliphatic hydroxyl groups is 1. The van der Waals surface area contributed by atoms with Crippen molar-refractivity contribution in [2.45, 2.75) is 33.3 Å². The highest BCUT2D eigenvalue weighted by atomic mass is 16.5. The lowest BCUT2D eigenvalue weighted by Crippen LogP contribution is -2.40. The Labute approximate surface area is 68.6 Å². The highest BCUT2D eigenvalue weighted by Crippen LogP contribution is 2.13. The van der Waals surface area contributed by atoms with E-state index in [1.807, 2.05) is 20.8 Å². The van der Waals surface area contributed by atoms with Gasteiger partial charge in [0.2, 0.25) is 0 Å². The number of β-amino-alcohol motifs (C(OH)–C–C–N with tert-alkyl or cyclic N) is 1. The zero-order chi connectivity index (χ0) is 8.85. The monoisotopic (exact) mass is 161 g/mol. The molecule has 0 radical (unpaired) electrons. The predicted molar refractivity (Wildman–Crippen MR) is 44.5 cm³/mol. The van der Waals surface area contributed by atoms with E-state index in [1.165, 1.54) is 5.06 Å². The van der Waals surface area contributed by atoms with Gasteiger partial charge in [-0.05, 0) is 12.3 Å². The predicted octanol–water partition coefficient (Wildman–Crippen LogP) is 1.10. The molecule has 2 atom stereocenters. The fraction of sp³-hybridized carbons (Fsp3) is 1.00. The third-order valence-corrected chi connectivity index (χ3v) is 1.62. The van der Waals surface area contributed by atoms with E-state index in [0.717, 1.165) is 6.42 Å². The van der Waals surface area contributed by atoms with E-state index >= 15 is 0 Å². The van der Waals surface area contributed by atoms with Crippen LogP contribution in [-0.4, -0.2) is 34.6 Å². The Kier molecular flexibility index (Phi) is 5.46. The summed E-state index contributed by atoms with van der Waals surface area (Å²) in [5.74, 6) is 0.416. The van der Waals surface area contributed by atoms with Crippen LogP contribution in [0.4, 0.5) is 0 Å². The Morgan fingerprint density at radius 3 is 2.18 bits per heavy atom. The van der Waals surface area contributed by atoms with Gasteiger partial charge in [-0.3, -0.25) is 0 Å². The minimum absolute atomic E-state index is 0.334. The number of hydroxylamine groups is 2. The molecule has 68 valence electrons. The minimum atomic E-state index is -0.334. The van der Waals surface area contributed by atoms with E-state index < -0.39 is 0 Å². The fourth-order valence-corrected chi connectivity index (χ4v) is 1.29. The summed E-state index contributed by atoms with van der Waals surface area (Å²) >= 11 is 0. The third kappa shape index (κ3) is 4.35. The second kappa shape index (κ2) is 5.52. The van der Waals surface area contributed by atoms with Gasteiger partial charge in [0.1, 0.15) is 0 Å². The largest absolute Gasteiger partial charge is 0.392 e. The molecule has 1 heterocycles. The molecule has 0 aromatic carbocycles. The molecule has 1 fully saturated rings. The Morgan fingerprint density at radius 2 is 1.82 bits per heavy atom. The molecule has 3 nitrogen and oxygen atoms in total. The van der Waals surface area contributed by atoms with Crippen LogP contribution in [0, 0.1) is 5.92 Å². The summed E-state index contributed by atoms with van der Waals surface area (Å²) in [4.78, 5) is 0. The van der Waals surface area contributed by atoms with Crippen LogP contribution in [0.25, 0.3) is 0 Å². The zero-order valence-electron chi connectivity index (χ0n) is 7.62. The van der Waals surface area contributed by atoms with Crippen molar-refractivity contribution in [3.8, 4) is 0 Å². The summed E-state index contributed by atoms with van der Waals surface area (Å²) in [6, 6.07) is 0. The first kappa shape index (κ1) is 10.9. The maximum absolute atomic E-state index is 9.05. The normalized spacial score (nSPS) is 32.5. The van der Waals surface area contributed by atoms with Crippen LogP contribution in [-0.2, 0) is 0 Å². The van der Waals surface area contributed by atoms with Crippen LogP contribution in [0.5, 0.6) is 0 Å². The lowest BCUT2D eigenvalue weighted by molar-refractivity contribution is -0.145. The zero-order valence-corrected chi connectivity index (χ0v) is 7.62. The van der Waals surface area contributed by atoms with Gasteiger partial charge in [-0.25, -0.2) is 0 Å². The van der Waals surface area contributed by atoms with Crippen LogP contribution < -0.4 is 0 Å². The Balaban J connectivity index is 0.000000461. The van der Waals surface area contributed by atoms with Crippen molar-refractivity contribution in [2.24, 2.45) is 5.92 Å². The summed E-state index contributed by atoms with van der Waals surface area (Å²) in [6.45, 7) is 7.12. The van der Waals surface area contributed by atoms with Gasteiger partial charge in [0, 0.05) is 13.1 Å². The summed E-state index contributed by atoms with van der Waals surface area (Å²) in [5.41, 5.74) is 0. The molecule has 1 rings (SSSR count). The van der Waals surface area contributed by atoms with Crippen LogP contribution in [0.2, 0.25) is 0 Å². The Morgan fingerprint density at radius 1 is 1.27 bits per heavy atom. The maximum Gasteiger partial charge on any atom is 0.0693 e. The Hall–Kier alpha value is -0.120. The van der Waals surface area contributed by atoms with Gasteiger partial charge in [-0.15, -0.1) is 0 Å². The van der Waals surface area contributed by atoms with Crippen molar-refractivity contribution >= 4 is 0 Å². The van der Waals surface area contributed by atoms with Gasteiger partial charge < -0.3 is 10.3 Å². The van der Waals surface area contributed by atoms with Gasteiger partial charge >= 0.3 is 0 Å². The molecule has 1 aliphatic rings. The van der Waals surface area contributed by atoms with Crippen molar-refractivity contribution in [1.29, 1.82) is 0 Å². The van der Waals surface area contributed by atoms with Gasteiger partial charge in [-0.1, -0.05) is 20.8 Å². The summed E-state index contributed by atoms with van der Waals surface area (Å²) in [5, 5.41) is 19.2. The first-order valence-corrected chi connectivity index (χ1v) is 4.30. The van der Waals surface area contributed by atoms with Crippen molar-refractivity contribution in [3.05, 3.63) is 0 Å². The second-order valence-corrected chi connectivity index (χ2v) is 2.87. The average Bonchev–Trinajstić information content (AvgIpc) is 1.88. The van der Waals surface area contributed by atoms with Crippen LogP contribution >= 0.6 is 0 Å². The van der Waals surface area contributed by atoms with Crippen molar-refractivity contribution in [1.82, 2.24) is 5.06 Å². The molecule has 0 amide bonds. The van der Waals surface area contributed by atoms with Gasteiger partial charge in [0.15, 0.2) is 0 Å². The number of nitrogens with zero attached hydrogens (tertiary/aromatic N) is 1. The lowest BCUT2D eigenvalue weighted by Gasteiger charge is -2.29. The summed E-state index contributed by atoms with van der Waals surface area (Å²) < 4.78 is 0. The quantitative estimate of drug-likeness (QED) is 0.559. The van der Waals surface area contributed by atoms with Crippen molar-refractivity contribution < 1.29 is 10.3 Å². The molecule has 11 heavy (non-hydrogen) atoms. The molecule has 0 aromatic heterocycles. The summed E-state index contributed by atoms with van der Waals surface area (Å²) in [7, 11) is 0. The highest BCUT2D eigenvalue weighted by molar-refractivity contribution is 4.70. The molecule has 0 aromatic rings. The number of hydrogen-bond donors (Lipinski definition) is 2. The molecule has 1 unspecified atom stereocenters. The minimum Gasteiger partial charge on any atom is -0.392 e. The molecule has 0 spiro atoms. The van der Waals surface area contributed by atoms with E-state index in [-0.39, 0.29) is 6.10 Å². The molecule has 3 heteroatoms. The van der Waals surface area contributed by atoms with E-state index in [0.29, 0.717) is 19.0 Å². The first-order chi connectivity index (χ1) is 5.18. The molecular formula is C8H19NO2. The third-order valence-electron chi connectivity index (χ3n) is 1.62. The standard InChI is InChI=1S/C6H13NO2.C2H6/c1-5-2-6(8)4-7(9)3-5;1-2/h5-6,8-9H,2-4H2,1H3;1-2H3/t5?,6-;/m0./s1. The van der Waals surface area contributed by atoms with Crippen LogP contribution in [0.15, 0.2) is 0 Å². The van der Waals surface area contributed by atoms with Gasteiger partial charge in [0.25, 0.3) is 0 Å². The Bertz CT molecular complexity index is 73.1. The molecule has 0 saturated carbocycles. The lowest BCUT2D eigenvalue weighted by atomic mass is 10.00. The maximum atomic E-state index is 9.05. The second-order valence-electron chi connectivity index (χ2n) is 2.87. The molecule has 2 N–H and O–H groups in total. The number of hydrogen-bond acceptors (Lipinski definition) is 3. The first-order valence-electron chi connectivity index (χ1n) is 4.30. The summed E-state index contributed by atoms with van der Waals surface area (Å²) in [6.07, 6.45) is 0.482. The van der Waals surface area contributed by atoms with E-state index in [9.17, 15) is 0 Å². The number of aliphatic hydroxyl groups excluding tert-OH is 1. The van der Waals surface area contributed by atoms with E-state index in [1.54, 1.807) is 0 Å². The van der Waals surface area contributed by atoms with Gasteiger partial charge in [-0.2, -0.15) is 5.06 Å². The van der Waals surface area contributed by atoms with Crippen molar-refractivity contribution in [2.75, 3.05) is 13.1 Å². The highest BCUT2D eigenvalue weighted by Gasteiger charge is 2.20. The van der Waals surface area contributed by atoms with Gasteiger partial charge in [0.05, 0.1) is 6.10 Å². The topological polar surface area (TPSA) is 43.7 Å². The molecule has 1 aliphatic heterocycles. The SMILES string of the molecule is CC.CC1C[C@H](O)CN(O)C1. The molecule has 0 bridgehead atoms. The molecule has 1 saturated heterocycles. The fourth-order valence-electron chi connectivity index (χ4n) is 1.29.